The van der Waals surface area contributed by atoms with Crippen molar-refractivity contribution in [1.29, 1.82) is 0 Å². The van der Waals surface area contributed by atoms with Crippen molar-refractivity contribution in [3.8, 4) is 0 Å². The molecule has 0 heterocycles. The molecule has 59 heavy (non-hydrogen) atoms. The van der Waals surface area contributed by atoms with Gasteiger partial charge in [-0.3, -0.25) is 28.8 Å². The second kappa shape index (κ2) is 23.0. The Labute approximate surface area is 346 Å². The van der Waals surface area contributed by atoms with E-state index < -0.39 is 71.6 Å². The smallest absolute Gasteiger partial charge is 0.244 e. The number of nitrogens with two attached hydrogens (primary N) is 1. The quantitative estimate of drug-likeness (QED) is 0.0691. The summed E-state index contributed by atoms with van der Waals surface area (Å²) in [5, 5.41) is 14.0. The maximum Gasteiger partial charge on any atom is 0.244 e. The second-order valence-electron chi connectivity index (χ2n) is 15.3. The van der Waals surface area contributed by atoms with E-state index in [9.17, 15) is 28.8 Å². The van der Waals surface area contributed by atoms with Crippen molar-refractivity contribution in [3.05, 3.63) is 150 Å². The molecule has 0 saturated carbocycles. The predicted molar refractivity (Wildman–Crippen MR) is 229 cm³/mol. The van der Waals surface area contributed by atoms with Gasteiger partial charge in [0.15, 0.2) is 0 Å². The normalized spacial score (nSPS) is 13.7. The summed E-state index contributed by atoms with van der Waals surface area (Å²) in [6.45, 7) is 7.31. The number of rotatable bonds is 21. The van der Waals surface area contributed by atoms with E-state index in [2.05, 4.69) is 26.6 Å². The Morgan fingerprint density at radius 3 is 1.25 bits per heavy atom. The zero-order valence-corrected chi connectivity index (χ0v) is 34.1. The van der Waals surface area contributed by atoms with E-state index in [1.807, 2.05) is 135 Å². The van der Waals surface area contributed by atoms with Crippen molar-refractivity contribution in [2.45, 2.75) is 83.6 Å². The first-order chi connectivity index (χ1) is 28.3. The largest absolute Gasteiger partial charge is 0.368 e. The van der Waals surface area contributed by atoms with E-state index in [1.165, 1.54) is 6.08 Å². The van der Waals surface area contributed by atoms with Gasteiger partial charge >= 0.3 is 0 Å². The highest BCUT2D eigenvalue weighted by Gasteiger charge is 2.34. The molecule has 5 atom stereocenters. The number of hydrogen-bond donors (Lipinski definition) is 6. The Bertz CT molecular complexity index is 2010. The Morgan fingerprint density at radius 1 is 0.492 bits per heavy atom. The fraction of sp³-hybridized carbons (Fsp3) is 0.319. The highest BCUT2D eigenvalue weighted by molar-refractivity contribution is 5.98. The molecule has 0 radical (unpaired) electrons. The molecule has 0 bridgehead atoms. The van der Waals surface area contributed by atoms with Gasteiger partial charge < -0.3 is 32.3 Å². The average Bonchev–Trinajstić information content (AvgIpc) is 3.22. The monoisotopic (exact) mass is 800 g/mol. The lowest BCUT2D eigenvalue weighted by atomic mass is 9.98. The Kier molecular flexibility index (Phi) is 17.6. The van der Waals surface area contributed by atoms with E-state index in [4.69, 9.17) is 5.73 Å². The summed E-state index contributed by atoms with van der Waals surface area (Å²) < 4.78 is 0. The van der Waals surface area contributed by atoms with Gasteiger partial charge in [-0.1, -0.05) is 149 Å². The summed E-state index contributed by atoms with van der Waals surface area (Å²) in [6.07, 6.45) is 3.59. The fourth-order valence-electron chi connectivity index (χ4n) is 6.45. The van der Waals surface area contributed by atoms with Gasteiger partial charge in [-0.2, -0.15) is 0 Å². The lowest BCUT2D eigenvalue weighted by molar-refractivity contribution is -0.135. The maximum atomic E-state index is 14.4. The molecule has 12 heteroatoms. The van der Waals surface area contributed by atoms with Crippen molar-refractivity contribution in [3.63, 3.8) is 0 Å². The predicted octanol–water partition coefficient (Wildman–Crippen LogP) is 4.04. The van der Waals surface area contributed by atoms with Crippen LogP contribution < -0.4 is 32.3 Å². The number of amides is 6. The van der Waals surface area contributed by atoms with Crippen LogP contribution in [0.3, 0.4) is 0 Å². The molecule has 0 unspecified atom stereocenters. The highest BCUT2D eigenvalue weighted by Crippen LogP contribution is 2.12. The molecular weight excluding hydrogens is 745 g/mol. The van der Waals surface area contributed by atoms with Crippen LogP contribution in [-0.4, -0.2) is 65.7 Å². The molecule has 0 saturated heterocycles. The zero-order valence-electron chi connectivity index (χ0n) is 34.1. The minimum atomic E-state index is -1.18. The maximum absolute atomic E-state index is 14.4. The molecule has 0 aliphatic carbocycles. The molecule has 0 aliphatic heterocycles. The van der Waals surface area contributed by atoms with Crippen LogP contribution in [0.25, 0.3) is 6.08 Å². The van der Waals surface area contributed by atoms with E-state index >= 15 is 0 Å². The molecule has 7 N–H and O–H groups in total. The Morgan fingerprint density at radius 2 is 0.864 bits per heavy atom. The summed E-state index contributed by atoms with van der Waals surface area (Å²) in [4.78, 5) is 81.6. The molecule has 4 aromatic rings. The molecule has 0 aliphatic rings. The summed E-state index contributed by atoms with van der Waals surface area (Å²) in [6, 6.07) is 31.2. The molecule has 0 fully saturated rings. The van der Waals surface area contributed by atoms with Gasteiger partial charge in [0.25, 0.3) is 0 Å². The minimum absolute atomic E-state index is 0.0640. The average molecular weight is 801 g/mol. The summed E-state index contributed by atoms with van der Waals surface area (Å²) >= 11 is 0. The van der Waals surface area contributed by atoms with Crippen LogP contribution >= 0.6 is 0 Å². The zero-order chi connectivity index (χ0) is 42.7. The Hall–Kier alpha value is -6.56. The van der Waals surface area contributed by atoms with Crippen molar-refractivity contribution >= 4 is 41.5 Å². The minimum Gasteiger partial charge on any atom is -0.368 e. The third kappa shape index (κ3) is 15.4. The number of hydrogen-bond acceptors (Lipinski definition) is 6. The fourth-order valence-corrected chi connectivity index (χ4v) is 6.45. The van der Waals surface area contributed by atoms with Gasteiger partial charge in [0.1, 0.15) is 30.2 Å². The van der Waals surface area contributed by atoms with Gasteiger partial charge in [0.05, 0.1) is 0 Å². The number of carbonyl (C=O) groups excluding carboxylic acids is 6. The first-order valence-electron chi connectivity index (χ1n) is 19.9. The molecular formula is C47H56N6O6. The lowest BCUT2D eigenvalue weighted by Gasteiger charge is -2.28. The van der Waals surface area contributed by atoms with Crippen molar-refractivity contribution in [2.24, 2.45) is 17.6 Å². The van der Waals surface area contributed by atoms with Crippen molar-refractivity contribution in [1.82, 2.24) is 26.6 Å². The van der Waals surface area contributed by atoms with Crippen LogP contribution in [0.4, 0.5) is 0 Å². The third-order valence-electron chi connectivity index (χ3n) is 9.59. The highest BCUT2D eigenvalue weighted by atomic mass is 16.2. The summed E-state index contributed by atoms with van der Waals surface area (Å²) in [5.41, 5.74) is 8.67. The van der Waals surface area contributed by atoms with Crippen LogP contribution in [0, 0.1) is 11.8 Å². The Balaban J connectivity index is 1.61. The SMILES string of the molecule is CC(C)C[C@@H](NC(=O)[C@H](NC(=O)[C@@H](Cc1ccccc1)NC(=O)[C@@H](Cc1ccccc1)NC(=O)[C@@H](Cc1ccccc1)NC(=O)/C=C\c1ccccc1)C(C)C)C(N)=O. The molecule has 0 spiro atoms. The van der Waals surface area contributed by atoms with Crippen molar-refractivity contribution in [2.75, 3.05) is 0 Å². The first-order valence-corrected chi connectivity index (χ1v) is 19.9. The van der Waals surface area contributed by atoms with E-state index in [0.717, 1.165) is 22.3 Å². The van der Waals surface area contributed by atoms with Crippen LogP contribution in [0.1, 0.15) is 56.4 Å². The summed E-state index contributed by atoms with van der Waals surface area (Å²) in [5.74, 6) is -3.98. The van der Waals surface area contributed by atoms with Gasteiger partial charge in [0, 0.05) is 25.3 Å². The van der Waals surface area contributed by atoms with Gasteiger partial charge in [-0.05, 0) is 46.6 Å². The van der Waals surface area contributed by atoms with Crippen molar-refractivity contribution < 1.29 is 28.8 Å². The number of carbonyl (C=O) groups is 6. The molecule has 4 aromatic carbocycles. The van der Waals surface area contributed by atoms with E-state index in [0.29, 0.717) is 6.42 Å². The molecule has 6 amide bonds. The number of primary amides is 1. The lowest BCUT2D eigenvalue weighted by Crippen LogP contribution is -2.60. The van der Waals surface area contributed by atoms with Crippen LogP contribution in [0.5, 0.6) is 0 Å². The van der Waals surface area contributed by atoms with Gasteiger partial charge in [-0.15, -0.1) is 0 Å². The van der Waals surface area contributed by atoms with Crippen LogP contribution in [0.2, 0.25) is 0 Å². The third-order valence-corrected chi connectivity index (χ3v) is 9.59. The van der Waals surface area contributed by atoms with E-state index in [-0.39, 0.29) is 25.2 Å². The second-order valence-corrected chi connectivity index (χ2v) is 15.3. The van der Waals surface area contributed by atoms with Crippen LogP contribution in [-0.2, 0) is 48.0 Å². The first kappa shape index (κ1) is 45.1. The van der Waals surface area contributed by atoms with Gasteiger partial charge in [-0.25, -0.2) is 0 Å². The number of benzene rings is 4. The molecule has 4 rings (SSSR count). The van der Waals surface area contributed by atoms with E-state index in [1.54, 1.807) is 19.9 Å². The topological polar surface area (TPSA) is 189 Å². The molecule has 310 valence electrons. The van der Waals surface area contributed by atoms with Crippen LogP contribution in [0.15, 0.2) is 127 Å². The molecule has 0 aromatic heterocycles. The summed E-state index contributed by atoms with van der Waals surface area (Å²) in [7, 11) is 0. The molecule has 12 nitrogen and oxygen atoms in total. The number of nitrogens with one attached hydrogen (secondary N) is 5. The standard InChI is InChI=1S/C47H56N6O6/c1-31(2)27-37(43(48)55)50-47(59)42(32(3)4)53-46(58)40(30-36-23-15-8-16-24-36)52-45(57)39(29-35-21-13-7-14-22-35)51-44(56)38(28-34-19-11-6-12-20-34)49-41(54)26-25-33-17-9-5-10-18-33/h5-26,31-32,37-40,42H,27-30H2,1-4H3,(H2,48,55)(H,49,54)(H,50,59)(H,51,56)(H,52,57)(H,53,58)/b26-25-/t37-,38-,39-,40-,42-/m1/s1. The van der Waals surface area contributed by atoms with Gasteiger partial charge in [0.2, 0.25) is 35.4 Å².